The minimum absolute atomic E-state index is 0.0516. The number of ether oxygens (including phenoxy) is 1. The van der Waals surface area contributed by atoms with Gasteiger partial charge in [0.05, 0.1) is 12.6 Å². The molecule has 8 heteroatoms. The number of fused-ring (bicyclic) bond motifs is 1. The number of rotatable bonds is 9. The minimum atomic E-state index is -0.626. The van der Waals surface area contributed by atoms with Gasteiger partial charge in [-0.15, -0.1) is 10.2 Å². The van der Waals surface area contributed by atoms with Gasteiger partial charge < -0.3 is 19.7 Å². The van der Waals surface area contributed by atoms with Crippen molar-refractivity contribution in [3.05, 3.63) is 54.1 Å². The first-order valence-electron chi connectivity index (χ1n) is 10.2. The second kappa shape index (κ2) is 10.4. The molecule has 0 aliphatic rings. The molecule has 162 valence electrons. The normalized spacial score (nSPS) is 11.2. The summed E-state index contributed by atoms with van der Waals surface area (Å²) in [5.74, 6) is -0.442. The van der Waals surface area contributed by atoms with Crippen molar-refractivity contribution in [1.29, 1.82) is 0 Å². The Balaban J connectivity index is 1.78. The van der Waals surface area contributed by atoms with Gasteiger partial charge in [0.25, 0.3) is 11.8 Å². The third-order valence-corrected chi connectivity index (χ3v) is 4.90. The van der Waals surface area contributed by atoms with Gasteiger partial charge in [0.1, 0.15) is 12.3 Å². The zero-order valence-electron chi connectivity index (χ0n) is 17.7. The largest absolute Gasteiger partial charge is 0.497 e. The highest BCUT2D eigenvalue weighted by Crippen LogP contribution is 2.40. The zero-order chi connectivity index (χ0) is 22.2. The lowest BCUT2D eigenvalue weighted by Gasteiger charge is -2.06. The average molecular weight is 422 g/mol. The number of benzene rings is 2. The number of aryl methyl sites for hydroxylation is 1. The summed E-state index contributed by atoms with van der Waals surface area (Å²) in [6.45, 7) is 2.44. The Morgan fingerprint density at radius 3 is 2.61 bits per heavy atom. The van der Waals surface area contributed by atoms with Gasteiger partial charge in [-0.2, -0.15) is 0 Å². The van der Waals surface area contributed by atoms with Crippen LogP contribution in [0, 0.1) is 0 Å². The van der Waals surface area contributed by atoms with Gasteiger partial charge >= 0.3 is 0 Å². The summed E-state index contributed by atoms with van der Waals surface area (Å²) in [5.41, 5.74) is 1.44. The summed E-state index contributed by atoms with van der Waals surface area (Å²) < 4.78 is 7.04. The molecule has 0 saturated carbocycles. The molecule has 2 N–H and O–H groups in total. The third kappa shape index (κ3) is 5.28. The molecule has 3 rings (SSSR count). The van der Waals surface area contributed by atoms with Crippen molar-refractivity contribution in [2.45, 2.75) is 32.7 Å². The monoisotopic (exact) mass is 422 g/mol. The topological polar surface area (TPSA) is 105 Å². The van der Waals surface area contributed by atoms with Crippen LogP contribution >= 0.6 is 0 Å². The highest BCUT2D eigenvalue weighted by Gasteiger charge is 2.18. The SMILES string of the molecule is CCCCCn1c(O)c(N=NC(=O)CNC(=O)c2ccccc2)c2cc(OC)ccc21. The van der Waals surface area contributed by atoms with Gasteiger partial charge in [-0.1, -0.05) is 38.0 Å². The lowest BCUT2D eigenvalue weighted by molar-refractivity contribution is -0.117. The van der Waals surface area contributed by atoms with Crippen molar-refractivity contribution in [1.82, 2.24) is 9.88 Å². The molecule has 0 aliphatic heterocycles. The van der Waals surface area contributed by atoms with Gasteiger partial charge in [-0.05, 0) is 36.8 Å². The number of unbranched alkanes of at least 4 members (excludes halogenated alkanes) is 2. The van der Waals surface area contributed by atoms with Crippen LogP contribution in [0.2, 0.25) is 0 Å². The predicted molar refractivity (Wildman–Crippen MR) is 118 cm³/mol. The van der Waals surface area contributed by atoms with Crippen LogP contribution < -0.4 is 10.1 Å². The van der Waals surface area contributed by atoms with E-state index in [1.807, 2.05) is 12.1 Å². The molecule has 0 aliphatic carbocycles. The Kier molecular flexibility index (Phi) is 7.37. The number of carbonyl (C=O) groups is 2. The summed E-state index contributed by atoms with van der Waals surface area (Å²) in [6.07, 6.45) is 3.00. The van der Waals surface area contributed by atoms with E-state index in [1.165, 1.54) is 0 Å². The highest BCUT2D eigenvalue weighted by atomic mass is 16.5. The Morgan fingerprint density at radius 1 is 1.13 bits per heavy atom. The number of azo groups is 1. The van der Waals surface area contributed by atoms with Gasteiger partial charge in [0, 0.05) is 17.5 Å². The minimum Gasteiger partial charge on any atom is -0.497 e. The zero-order valence-corrected chi connectivity index (χ0v) is 17.7. The maximum absolute atomic E-state index is 12.2. The molecule has 0 saturated heterocycles. The number of carbonyl (C=O) groups excluding carboxylic acids is 2. The van der Waals surface area contributed by atoms with Crippen LogP contribution in [0.15, 0.2) is 58.8 Å². The lowest BCUT2D eigenvalue weighted by Crippen LogP contribution is -2.28. The Hall–Kier alpha value is -3.68. The van der Waals surface area contributed by atoms with Crippen LogP contribution in [0.1, 0.15) is 36.5 Å². The first kappa shape index (κ1) is 22.0. The number of nitrogens with zero attached hydrogens (tertiary/aromatic N) is 3. The smallest absolute Gasteiger partial charge is 0.283 e. The van der Waals surface area contributed by atoms with Gasteiger partial charge in [-0.25, -0.2) is 0 Å². The molecule has 0 unspecified atom stereocenters. The van der Waals surface area contributed by atoms with Crippen molar-refractivity contribution in [3.8, 4) is 11.6 Å². The second-order valence-corrected chi connectivity index (χ2v) is 7.06. The number of amides is 2. The second-order valence-electron chi connectivity index (χ2n) is 7.06. The van der Waals surface area contributed by atoms with Gasteiger partial charge in [-0.3, -0.25) is 9.59 Å². The molecule has 31 heavy (non-hydrogen) atoms. The summed E-state index contributed by atoms with van der Waals surface area (Å²) in [5, 5.41) is 21.6. The molecule has 2 amide bonds. The molecular weight excluding hydrogens is 396 g/mol. The number of nitrogens with one attached hydrogen (secondary N) is 1. The Morgan fingerprint density at radius 2 is 1.90 bits per heavy atom. The highest BCUT2D eigenvalue weighted by molar-refractivity contribution is 5.97. The van der Waals surface area contributed by atoms with Crippen molar-refractivity contribution < 1.29 is 19.4 Å². The first-order valence-corrected chi connectivity index (χ1v) is 10.2. The Bertz CT molecular complexity index is 1090. The lowest BCUT2D eigenvalue weighted by atomic mass is 10.2. The van der Waals surface area contributed by atoms with E-state index in [-0.39, 0.29) is 24.0 Å². The maximum Gasteiger partial charge on any atom is 0.283 e. The molecular formula is C23H26N4O4. The standard InChI is InChI=1S/C23H26N4O4/c1-3-4-8-13-27-19-12-11-17(31-2)14-18(19)21(23(27)30)26-25-20(28)15-24-22(29)16-9-6-5-7-10-16/h5-7,9-12,14,30H,3-4,8,13,15H2,1-2H3,(H,24,29). The maximum atomic E-state index is 12.2. The quantitative estimate of drug-likeness (QED) is 0.389. The molecule has 0 spiro atoms. The molecule has 0 fully saturated rings. The van der Waals surface area contributed by atoms with Crippen molar-refractivity contribution in [2.75, 3.05) is 13.7 Å². The van der Waals surface area contributed by atoms with Crippen molar-refractivity contribution >= 4 is 28.4 Å². The van der Waals surface area contributed by atoms with E-state index in [0.29, 0.717) is 23.2 Å². The van der Waals surface area contributed by atoms with Crippen LogP contribution in [0.25, 0.3) is 10.9 Å². The Labute approximate surface area is 180 Å². The van der Waals surface area contributed by atoms with Crippen LogP contribution in [0.3, 0.4) is 0 Å². The number of methoxy groups -OCH3 is 1. The van der Waals surface area contributed by atoms with Crippen LogP contribution in [-0.4, -0.2) is 35.1 Å². The van der Waals surface area contributed by atoms with E-state index in [2.05, 4.69) is 22.5 Å². The van der Waals surface area contributed by atoms with E-state index in [0.717, 1.165) is 24.8 Å². The number of aromatic nitrogens is 1. The first-order chi connectivity index (χ1) is 15.0. The summed E-state index contributed by atoms with van der Waals surface area (Å²) >= 11 is 0. The summed E-state index contributed by atoms with van der Waals surface area (Å²) in [6, 6.07) is 14.0. The van der Waals surface area contributed by atoms with E-state index >= 15 is 0 Å². The molecule has 8 nitrogen and oxygen atoms in total. The fourth-order valence-electron chi connectivity index (χ4n) is 3.26. The van der Waals surface area contributed by atoms with Crippen LogP contribution in [0.4, 0.5) is 5.69 Å². The molecule has 1 heterocycles. The number of aromatic hydroxyl groups is 1. The van der Waals surface area contributed by atoms with Crippen molar-refractivity contribution in [3.63, 3.8) is 0 Å². The average Bonchev–Trinajstić information content (AvgIpc) is 3.06. The molecule has 3 aromatic rings. The van der Waals surface area contributed by atoms with Crippen molar-refractivity contribution in [2.24, 2.45) is 10.2 Å². The van der Waals surface area contributed by atoms with E-state index < -0.39 is 5.91 Å². The molecule has 0 bridgehead atoms. The fraction of sp³-hybridized carbons (Fsp3) is 0.304. The molecule has 0 atom stereocenters. The van der Waals surface area contributed by atoms with E-state index in [1.54, 1.807) is 48.1 Å². The molecule has 2 aromatic carbocycles. The van der Waals surface area contributed by atoms with E-state index in [4.69, 9.17) is 4.74 Å². The molecule has 1 aromatic heterocycles. The third-order valence-electron chi connectivity index (χ3n) is 4.90. The van der Waals surface area contributed by atoms with Crippen LogP contribution in [-0.2, 0) is 11.3 Å². The summed E-state index contributed by atoms with van der Waals surface area (Å²) in [7, 11) is 1.55. The van der Waals surface area contributed by atoms with Crippen LogP contribution in [0.5, 0.6) is 11.6 Å². The predicted octanol–water partition coefficient (Wildman–Crippen LogP) is 4.59. The van der Waals surface area contributed by atoms with Gasteiger partial charge in [0.15, 0.2) is 5.69 Å². The van der Waals surface area contributed by atoms with E-state index in [9.17, 15) is 14.7 Å². The van der Waals surface area contributed by atoms with Gasteiger partial charge in [0.2, 0.25) is 5.88 Å². The number of hydrogen-bond donors (Lipinski definition) is 2. The molecule has 0 radical (unpaired) electrons. The fourth-order valence-corrected chi connectivity index (χ4v) is 3.26. The summed E-state index contributed by atoms with van der Waals surface area (Å²) in [4.78, 5) is 24.2. The number of hydrogen-bond acceptors (Lipinski definition) is 5.